The van der Waals surface area contributed by atoms with E-state index in [9.17, 15) is 0 Å². The molecule has 0 spiro atoms. The third-order valence-electron chi connectivity index (χ3n) is 7.90. The van der Waals surface area contributed by atoms with Gasteiger partial charge >= 0.3 is 0 Å². The van der Waals surface area contributed by atoms with Crippen molar-refractivity contribution in [2.75, 3.05) is 0 Å². The summed E-state index contributed by atoms with van der Waals surface area (Å²) in [7, 11) is 0. The van der Waals surface area contributed by atoms with Crippen molar-refractivity contribution in [3.8, 4) is 0 Å². The largest absolute Gasteiger partial charge is 0.0850 e. The normalized spacial score (nSPS) is 28.2. The molecule has 1 rings (SSSR count). The molecule has 0 saturated carbocycles. The Balaban J connectivity index is 3.00. The number of allylic oxidation sites excluding steroid dienone is 2. The lowest BCUT2D eigenvalue weighted by Gasteiger charge is -2.40. The van der Waals surface area contributed by atoms with Gasteiger partial charge in [-0.2, -0.15) is 0 Å². The highest BCUT2D eigenvalue weighted by Crippen LogP contribution is 2.42. The molecule has 6 atom stereocenters. The van der Waals surface area contributed by atoms with Crippen molar-refractivity contribution < 1.29 is 0 Å². The van der Waals surface area contributed by atoms with E-state index in [1.54, 1.807) is 5.57 Å². The summed E-state index contributed by atoms with van der Waals surface area (Å²) < 4.78 is 0. The van der Waals surface area contributed by atoms with E-state index in [4.69, 9.17) is 0 Å². The second kappa shape index (κ2) is 12.2. The topological polar surface area (TPSA) is 0 Å². The fraction of sp³-hybridized carbons (Fsp3) is 0.923. The summed E-state index contributed by atoms with van der Waals surface area (Å²) in [6.07, 6.45) is 15.0. The van der Waals surface area contributed by atoms with Gasteiger partial charge in [0.05, 0.1) is 0 Å². The molecule has 26 heavy (non-hydrogen) atoms. The molecule has 0 aromatic heterocycles. The van der Waals surface area contributed by atoms with E-state index < -0.39 is 0 Å². The van der Waals surface area contributed by atoms with Gasteiger partial charge in [0.1, 0.15) is 0 Å². The molecule has 154 valence electrons. The monoisotopic (exact) mass is 362 g/mol. The highest BCUT2D eigenvalue weighted by Gasteiger charge is 2.33. The van der Waals surface area contributed by atoms with E-state index in [1.807, 2.05) is 0 Å². The van der Waals surface area contributed by atoms with Crippen molar-refractivity contribution in [2.24, 2.45) is 41.4 Å². The van der Waals surface area contributed by atoms with Gasteiger partial charge in [0.25, 0.3) is 0 Å². The van der Waals surface area contributed by atoms with Gasteiger partial charge in [-0.05, 0) is 73.5 Å². The zero-order valence-corrected chi connectivity index (χ0v) is 19.5. The van der Waals surface area contributed by atoms with Gasteiger partial charge in [0.2, 0.25) is 0 Å². The van der Waals surface area contributed by atoms with Crippen LogP contribution in [0, 0.1) is 41.4 Å². The smallest absolute Gasteiger partial charge is 0.0317 e. The van der Waals surface area contributed by atoms with Crippen LogP contribution in [0.25, 0.3) is 0 Å². The predicted molar refractivity (Wildman–Crippen MR) is 119 cm³/mol. The summed E-state index contributed by atoms with van der Waals surface area (Å²) in [6.45, 7) is 19.6. The minimum absolute atomic E-state index is 0.808. The first-order valence-corrected chi connectivity index (χ1v) is 12.0. The van der Waals surface area contributed by atoms with E-state index in [0.717, 1.165) is 41.4 Å². The van der Waals surface area contributed by atoms with Gasteiger partial charge in [-0.3, -0.25) is 0 Å². The minimum Gasteiger partial charge on any atom is -0.0850 e. The Labute approximate surface area is 166 Å². The lowest BCUT2D eigenvalue weighted by molar-refractivity contribution is 0.114. The van der Waals surface area contributed by atoms with Gasteiger partial charge in [-0.15, -0.1) is 0 Å². The Morgan fingerprint density at radius 1 is 1.04 bits per heavy atom. The van der Waals surface area contributed by atoms with Crippen LogP contribution in [-0.4, -0.2) is 0 Å². The molecule has 6 unspecified atom stereocenters. The Hall–Kier alpha value is -0.260. The molecule has 0 aliphatic heterocycles. The summed E-state index contributed by atoms with van der Waals surface area (Å²) in [5.41, 5.74) is 1.76. The Morgan fingerprint density at radius 2 is 1.73 bits per heavy atom. The fourth-order valence-electron chi connectivity index (χ4n) is 5.58. The van der Waals surface area contributed by atoms with Gasteiger partial charge in [0.15, 0.2) is 0 Å². The molecule has 0 nitrogen and oxygen atoms in total. The van der Waals surface area contributed by atoms with E-state index in [2.05, 4.69) is 61.5 Å². The Kier molecular flexibility index (Phi) is 11.2. The van der Waals surface area contributed by atoms with Crippen molar-refractivity contribution in [2.45, 2.75) is 113 Å². The van der Waals surface area contributed by atoms with Gasteiger partial charge in [-0.1, -0.05) is 92.7 Å². The van der Waals surface area contributed by atoms with Crippen LogP contribution in [-0.2, 0) is 0 Å². The molecule has 0 saturated heterocycles. The molecule has 0 radical (unpaired) electrons. The summed E-state index contributed by atoms with van der Waals surface area (Å²) >= 11 is 0. The second-order valence-corrected chi connectivity index (χ2v) is 9.94. The maximum atomic E-state index is 2.66. The Bertz CT molecular complexity index is 391. The molecule has 0 aromatic carbocycles. The van der Waals surface area contributed by atoms with E-state index in [-0.39, 0.29) is 0 Å². The minimum atomic E-state index is 0.808. The lowest BCUT2D eigenvalue weighted by Crippen LogP contribution is -2.31. The van der Waals surface area contributed by atoms with Crippen LogP contribution < -0.4 is 0 Å². The van der Waals surface area contributed by atoms with Crippen LogP contribution in [0.2, 0.25) is 0 Å². The SMILES string of the molecule is CCCC1=CCC(CC(CC)C(C)CCC)C(C)C(C(C)C(C)C)CC1. The highest BCUT2D eigenvalue weighted by molar-refractivity contribution is 5.05. The van der Waals surface area contributed by atoms with Crippen LogP contribution in [0.3, 0.4) is 0 Å². The predicted octanol–water partition coefficient (Wildman–Crippen LogP) is 8.91. The summed E-state index contributed by atoms with van der Waals surface area (Å²) in [5.74, 6) is 6.12. The van der Waals surface area contributed by atoms with Crippen LogP contribution >= 0.6 is 0 Å². The van der Waals surface area contributed by atoms with Crippen LogP contribution in [0.1, 0.15) is 113 Å². The lowest BCUT2D eigenvalue weighted by atomic mass is 9.65. The van der Waals surface area contributed by atoms with Crippen LogP contribution in [0.4, 0.5) is 0 Å². The molecule has 0 amide bonds. The second-order valence-electron chi connectivity index (χ2n) is 9.94. The van der Waals surface area contributed by atoms with Gasteiger partial charge in [-0.25, -0.2) is 0 Å². The van der Waals surface area contributed by atoms with E-state index in [0.29, 0.717) is 0 Å². The van der Waals surface area contributed by atoms with Crippen molar-refractivity contribution >= 4 is 0 Å². The fourth-order valence-corrected chi connectivity index (χ4v) is 5.58. The molecular formula is C26H50. The first-order chi connectivity index (χ1) is 12.3. The third-order valence-corrected chi connectivity index (χ3v) is 7.90. The molecule has 0 heteroatoms. The molecule has 0 N–H and O–H groups in total. The maximum absolute atomic E-state index is 2.66. The van der Waals surface area contributed by atoms with Gasteiger partial charge < -0.3 is 0 Å². The average molecular weight is 363 g/mol. The average Bonchev–Trinajstić information content (AvgIpc) is 2.60. The zero-order valence-electron chi connectivity index (χ0n) is 19.5. The third kappa shape index (κ3) is 7.05. The highest BCUT2D eigenvalue weighted by atomic mass is 14.4. The molecule has 1 aliphatic carbocycles. The molecular weight excluding hydrogens is 312 g/mol. The quantitative estimate of drug-likeness (QED) is 0.340. The molecule has 0 aromatic rings. The number of rotatable bonds is 10. The molecule has 0 bridgehead atoms. The van der Waals surface area contributed by atoms with E-state index in [1.165, 1.54) is 57.8 Å². The van der Waals surface area contributed by atoms with Crippen molar-refractivity contribution in [3.05, 3.63) is 11.6 Å². The number of hydrogen-bond donors (Lipinski definition) is 0. The Morgan fingerprint density at radius 3 is 2.27 bits per heavy atom. The number of hydrogen-bond acceptors (Lipinski definition) is 0. The molecule has 0 heterocycles. The van der Waals surface area contributed by atoms with E-state index >= 15 is 0 Å². The van der Waals surface area contributed by atoms with Crippen molar-refractivity contribution in [3.63, 3.8) is 0 Å². The molecule has 0 fully saturated rings. The van der Waals surface area contributed by atoms with Crippen molar-refractivity contribution in [1.82, 2.24) is 0 Å². The zero-order chi connectivity index (χ0) is 19.7. The first kappa shape index (κ1) is 23.8. The summed E-state index contributed by atoms with van der Waals surface area (Å²) in [6, 6.07) is 0. The first-order valence-electron chi connectivity index (χ1n) is 12.0. The standard InChI is InChI=1S/C26H50/c1-9-12-20(6)24(11-3)18-25-16-14-23(13-10-2)15-17-26(22(25)8)21(7)19(4)5/h14,19-22,24-26H,9-13,15-18H2,1-8H3. The van der Waals surface area contributed by atoms with Crippen LogP contribution in [0.5, 0.6) is 0 Å². The summed E-state index contributed by atoms with van der Waals surface area (Å²) in [5, 5.41) is 0. The summed E-state index contributed by atoms with van der Waals surface area (Å²) in [4.78, 5) is 0. The van der Waals surface area contributed by atoms with Gasteiger partial charge in [0, 0.05) is 0 Å². The van der Waals surface area contributed by atoms with Crippen molar-refractivity contribution in [1.29, 1.82) is 0 Å². The molecule has 1 aliphatic rings. The maximum Gasteiger partial charge on any atom is -0.0317 e. The van der Waals surface area contributed by atoms with Crippen LogP contribution in [0.15, 0.2) is 11.6 Å².